The van der Waals surface area contributed by atoms with Gasteiger partial charge >= 0.3 is 0 Å². The fourth-order valence-corrected chi connectivity index (χ4v) is 3.97. The van der Waals surface area contributed by atoms with Crippen LogP contribution in [-0.4, -0.2) is 32.3 Å². The number of nitrogens with one attached hydrogen (secondary N) is 2. The van der Waals surface area contributed by atoms with Crippen molar-refractivity contribution in [3.63, 3.8) is 0 Å². The molecule has 0 saturated carbocycles. The van der Waals surface area contributed by atoms with Gasteiger partial charge in [-0.25, -0.2) is 0 Å². The van der Waals surface area contributed by atoms with Crippen LogP contribution in [0.25, 0.3) is 0 Å². The van der Waals surface area contributed by atoms with E-state index >= 15 is 0 Å². The number of nitrogens with zero attached hydrogens (tertiary/aromatic N) is 3. The molecule has 0 radical (unpaired) electrons. The van der Waals surface area contributed by atoms with Crippen molar-refractivity contribution < 1.29 is 9.59 Å². The van der Waals surface area contributed by atoms with Crippen molar-refractivity contribution in [2.45, 2.75) is 24.7 Å². The van der Waals surface area contributed by atoms with Crippen molar-refractivity contribution in [1.29, 1.82) is 0 Å². The second kappa shape index (κ2) is 11.2. The van der Waals surface area contributed by atoms with Crippen LogP contribution in [0.5, 0.6) is 0 Å². The number of benzene rings is 2. The van der Waals surface area contributed by atoms with Gasteiger partial charge in [-0.3, -0.25) is 9.59 Å². The van der Waals surface area contributed by atoms with E-state index in [9.17, 15) is 9.59 Å². The molecule has 7 nitrogen and oxygen atoms in total. The lowest BCUT2D eigenvalue weighted by atomic mass is 10.2. The highest BCUT2D eigenvalue weighted by Gasteiger charge is 2.21. The Kier molecular flexibility index (Phi) is 8.33. The Morgan fingerprint density at radius 1 is 1.16 bits per heavy atom. The van der Waals surface area contributed by atoms with Crippen LogP contribution in [0.15, 0.2) is 66.3 Å². The van der Waals surface area contributed by atoms with E-state index in [0.29, 0.717) is 38.8 Å². The van der Waals surface area contributed by atoms with Crippen LogP contribution in [0, 0.1) is 0 Å². The first-order valence-corrected chi connectivity index (χ1v) is 11.4. The van der Waals surface area contributed by atoms with Crippen molar-refractivity contribution in [2.75, 3.05) is 11.1 Å². The molecule has 1 aromatic heterocycles. The van der Waals surface area contributed by atoms with E-state index in [-0.39, 0.29) is 17.6 Å². The average Bonchev–Trinajstić information content (AvgIpc) is 3.17. The number of allylic oxidation sites excluding steroid dienone is 1. The summed E-state index contributed by atoms with van der Waals surface area (Å²) in [5.74, 6) is 0.184. The van der Waals surface area contributed by atoms with Crippen molar-refractivity contribution >= 4 is 52.5 Å². The average molecular weight is 490 g/mol. The number of carbonyl (C=O) groups is 2. The van der Waals surface area contributed by atoms with Gasteiger partial charge in [0, 0.05) is 17.3 Å². The van der Waals surface area contributed by atoms with Gasteiger partial charge in [0.05, 0.1) is 22.4 Å². The molecule has 0 aliphatic heterocycles. The van der Waals surface area contributed by atoms with Crippen LogP contribution < -0.4 is 10.6 Å². The Morgan fingerprint density at radius 2 is 1.88 bits per heavy atom. The highest BCUT2D eigenvalue weighted by atomic mass is 35.5. The van der Waals surface area contributed by atoms with Gasteiger partial charge in [-0.2, -0.15) is 0 Å². The van der Waals surface area contributed by atoms with Crippen molar-refractivity contribution in [3.8, 4) is 0 Å². The maximum Gasteiger partial charge on any atom is 0.253 e. The highest BCUT2D eigenvalue weighted by Crippen LogP contribution is 2.22. The normalized spacial score (nSPS) is 11.6. The van der Waals surface area contributed by atoms with Gasteiger partial charge in [0.15, 0.2) is 11.0 Å². The molecule has 0 unspecified atom stereocenters. The second-order valence-corrected chi connectivity index (χ2v) is 8.54. The highest BCUT2D eigenvalue weighted by molar-refractivity contribution is 7.99. The summed E-state index contributed by atoms with van der Waals surface area (Å²) in [5.41, 5.74) is 1.04. The summed E-state index contributed by atoms with van der Waals surface area (Å²) >= 11 is 13.2. The van der Waals surface area contributed by atoms with E-state index in [4.69, 9.17) is 23.2 Å². The van der Waals surface area contributed by atoms with Gasteiger partial charge in [-0.1, -0.05) is 53.2 Å². The third-order valence-electron chi connectivity index (χ3n) is 4.37. The molecule has 0 aliphatic carbocycles. The topological polar surface area (TPSA) is 88.9 Å². The number of carbonyl (C=O) groups excluding carboxylic acids is 2. The molecular weight excluding hydrogens is 469 g/mol. The summed E-state index contributed by atoms with van der Waals surface area (Å²) in [5, 5.41) is 15.6. The van der Waals surface area contributed by atoms with Gasteiger partial charge in [-0.15, -0.1) is 16.8 Å². The smallest absolute Gasteiger partial charge is 0.253 e. The fourth-order valence-electron chi connectivity index (χ4n) is 2.87. The number of anilines is 1. The molecule has 0 fully saturated rings. The molecule has 10 heteroatoms. The quantitative estimate of drug-likeness (QED) is 0.326. The molecule has 166 valence electrons. The van der Waals surface area contributed by atoms with Crippen LogP contribution in [-0.2, 0) is 11.3 Å². The van der Waals surface area contributed by atoms with E-state index in [0.717, 1.165) is 0 Å². The predicted octanol–water partition coefficient (Wildman–Crippen LogP) is 4.99. The maximum absolute atomic E-state index is 12.6. The molecule has 0 saturated heterocycles. The molecule has 32 heavy (non-hydrogen) atoms. The van der Waals surface area contributed by atoms with Crippen LogP contribution in [0.4, 0.5) is 5.69 Å². The fraction of sp³-hybridized carbons (Fsp3) is 0.182. The number of aromatic nitrogens is 3. The monoisotopic (exact) mass is 489 g/mol. The lowest BCUT2D eigenvalue weighted by Crippen LogP contribution is -2.29. The second-order valence-electron chi connectivity index (χ2n) is 6.76. The summed E-state index contributed by atoms with van der Waals surface area (Å²) in [6, 6.07) is 13.2. The van der Waals surface area contributed by atoms with E-state index in [2.05, 4.69) is 27.4 Å². The third-order valence-corrected chi connectivity index (χ3v) is 5.92. The number of thioether (sulfide) groups is 1. The number of amides is 2. The zero-order valence-electron chi connectivity index (χ0n) is 17.2. The first-order valence-electron chi connectivity index (χ1n) is 9.66. The zero-order valence-corrected chi connectivity index (χ0v) is 19.5. The van der Waals surface area contributed by atoms with Crippen molar-refractivity contribution in [3.05, 3.63) is 82.6 Å². The largest absolute Gasteiger partial charge is 0.342 e. The zero-order chi connectivity index (χ0) is 23.1. The van der Waals surface area contributed by atoms with E-state index in [1.807, 2.05) is 4.57 Å². The summed E-state index contributed by atoms with van der Waals surface area (Å²) in [7, 11) is 0. The Balaban J connectivity index is 1.67. The lowest BCUT2D eigenvalue weighted by molar-refractivity contribution is -0.113. The molecule has 2 N–H and O–H groups in total. The maximum atomic E-state index is 12.6. The number of halogens is 2. The van der Waals surface area contributed by atoms with Gasteiger partial charge in [0.1, 0.15) is 0 Å². The number of hydrogen-bond donors (Lipinski definition) is 2. The van der Waals surface area contributed by atoms with Gasteiger partial charge < -0.3 is 15.2 Å². The number of rotatable bonds is 9. The summed E-state index contributed by atoms with van der Waals surface area (Å²) in [6.45, 7) is 6.01. The SMILES string of the molecule is C=CCn1c(SCC(=O)Nc2ccc(Cl)cc2)nnc1[C@@H](C)NC(=O)c1ccccc1Cl. The lowest BCUT2D eigenvalue weighted by Gasteiger charge is -2.15. The van der Waals surface area contributed by atoms with Crippen molar-refractivity contribution in [2.24, 2.45) is 0 Å². The molecule has 2 aromatic carbocycles. The number of hydrogen-bond acceptors (Lipinski definition) is 5. The minimum Gasteiger partial charge on any atom is -0.342 e. The Hall–Kier alpha value is -2.81. The van der Waals surface area contributed by atoms with Crippen LogP contribution in [0.1, 0.15) is 29.1 Å². The summed E-state index contributed by atoms with van der Waals surface area (Å²) in [6.07, 6.45) is 1.70. The standard InChI is InChI=1S/C22H21Cl2N5O2S/c1-3-12-29-20(14(2)25-21(31)17-6-4-5-7-18(17)24)27-28-22(29)32-13-19(30)26-16-10-8-15(23)9-11-16/h3-11,14H,1,12-13H2,2H3,(H,25,31)(H,26,30)/t14-/m1/s1. The van der Waals surface area contributed by atoms with Gasteiger partial charge in [-0.05, 0) is 43.3 Å². The Bertz CT molecular complexity index is 1120. The summed E-state index contributed by atoms with van der Waals surface area (Å²) in [4.78, 5) is 24.9. The molecule has 0 aliphatic rings. The van der Waals surface area contributed by atoms with Crippen LogP contribution >= 0.6 is 35.0 Å². The van der Waals surface area contributed by atoms with Crippen LogP contribution in [0.2, 0.25) is 10.0 Å². The van der Waals surface area contributed by atoms with E-state index in [1.54, 1.807) is 61.5 Å². The van der Waals surface area contributed by atoms with Crippen molar-refractivity contribution in [1.82, 2.24) is 20.1 Å². The first-order chi connectivity index (χ1) is 15.4. The first kappa shape index (κ1) is 23.8. The van der Waals surface area contributed by atoms with Gasteiger partial charge in [0.2, 0.25) is 5.91 Å². The minimum atomic E-state index is -0.441. The Morgan fingerprint density at radius 3 is 2.56 bits per heavy atom. The van der Waals surface area contributed by atoms with Gasteiger partial charge in [0.25, 0.3) is 5.91 Å². The molecule has 0 bridgehead atoms. The molecule has 1 atom stereocenters. The van der Waals surface area contributed by atoms with Crippen LogP contribution in [0.3, 0.4) is 0 Å². The molecule has 2 amide bonds. The summed E-state index contributed by atoms with van der Waals surface area (Å²) < 4.78 is 1.81. The molecule has 3 aromatic rings. The van der Waals surface area contributed by atoms with E-state index in [1.165, 1.54) is 11.8 Å². The molecule has 3 rings (SSSR count). The van der Waals surface area contributed by atoms with E-state index < -0.39 is 6.04 Å². The predicted molar refractivity (Wildman–Crippen MR) is 128 cm³/mol. The molecule has 1 heterocycles. The Labute approximate surface area is 200 Å². The molecular formula is C22H21Cl2N5O2S. The molecule has 0 spiro atoms. The third kappa shape index (κ3) is 6.12. The minimum absolute atomic E-state index is 0.137.